The second-order valence-corrected chi connectivity index (χ2v) is 7.01. The van der Waals surface area contributed by atoms with Crippen LogP contribution in [0.25, 0.3) is 0 Å². The highest BCUT2D eigenvalue weighted by molar-refractivity contribution is 7.99. The van der Waals surface area contributed by atoms with Gasteiger partial charge in [0.2, 0.25) is 5.89 Å². The van der Waals surface area contributed by atoms with Gasteiger partial charge in [-0.25, -0.2) is 0 Å². The summed E-state index contributed by atoms with van der Waals surface area (Å²) in [5.41, 5.74) is 6.09. The van der Waals surface area contributed by atoms with Crippen molar-refractivity contribution in [3.8, 4) is 0 Å². The summed E-state index contributed by atoms with van der Waals surface area (Å²) >= 11 is 1.88. The Morgan fingerprint density at radius 3 is 3.00 bits per heavy atom. The fourth-order valence-electron chi connectivity index (χ4n) is 3.29. The molecule has 0 aromatic carbocycles. The number of hydrogen-bond acceptors (Lipinski definition) is 5. The summed E-state index contributed by atoms with van der Waals surface area (Å²) in [6, 6.07) is 0.174. The first kappa shape index (κ1) is 13.4. The minimum atomic E-state index is 0.174. The van der Waals surface area contributed by atoms with Gasteiger partial charge in [-0.15, -0.1) is 0 Å². The Morgan fingerprint density at radius 1 is 1.37 bits per heavy atom. The van der Waals surface area contributed by atoms with E-state index in [2.05, 4.69) is 17.1 Å². The van der Waals surface area contributed by atoms with Crippen molar-refractivity contribution in [3.05, 3.63) is 11.7 Å². The molecule has 0 spiro atoms. The van der Waals surface area contributed by atoms with Crippen molar-refractivity contribution in [2.24, 2.45) is 11.7 Å². The van der Waals surface area contributed by atoms with Gasteiger partial charge in [-0.1, -0.05) is 31.3 Å². The third-order valence-corrected chi connectivity index (χ3v) is 5.84. The van der Waals surface area contributed by atoms with Crippen molar-refractivity contribution in [2.75, 3.05) is 11.5 Å². The van der Waals surface area contributed by atoms with E-state index in [9.17, 15) is 0 Å². The second-order valence-electron chi connectivity index (χ2n) is 5.94. The molecule has 0 radical (unpaired) electrons. The van der Waals surface area contributed by atoms with E-state index in [1.54, 1.807) is 0 Å². The van der Waals surface area contributed by atoms with Crippen LogP contribution in [0.2, 0.25) is 0 Å². The van der Waals surface area contributed by atoms with Gasteiger partial charge in [0.1, 0.15) is 0 Å². The number of hydrogen-bond donors (Lipinski definition) is 1. The van der Waals surface area contributed by atoms with Crippen LogP contribution in [0.15, 0.2) is 4.52 Å². The van der Waals surface area contributed by atoms with E-state index in [0.29, 0.717) is 5.92 Å². The van der Waals surface area contributed by atoms with E-state index < -0.39 is 0 Å². The van der Waals surface area contributed by atoms with Gasteiger partial charge < -0.3 is 10.3 Å². The fourth-order valence-corrected chi connectivity index (χ4v) is 4.57. The molecule has 3 rings (SSSR count). The summed E-state index contributed by atoms with van der Waals surface area (Å²) in [6.07, 6.45) is 6.36. The molecule has 1 saturated carbocycles. The molecule has 5 heteroatoms. The summed E-state index contributed by atoms with van der Waals surface area (Å²) in [4.78, 5) is 4.66. The predicted molar refractivity (Wildman–Crippen MR) is 77.3 cm³/mol. The number of nitrogens with zero attached hydrogens (tertiary/aromatic N) is 2. The highest BCUT2D eigenvalue weighted by atomic mass is 32.2. The Hall–Kier alpha value is -0.550. The molecule has 2 N–H and O–H groups in total. The van der Waals surface area contributed by atoms with Crippen LogP contribution in [0.5, 0.6) is 0 Å². The fraction of sp³-hybridized carbons (Fsp3) is 0.857. The largest absolute Gasteiger partial charge is 0.339 e. The molecule has 1 aromatic rings. The number of thioether (sulfide) groups is 1. The first-order chi connectivity index (χ1) is 9.28. The summed E-state index contributed by atoms with van der Waals surface area (Å²) < 4.78 is 5.49. The van der Waals surface area contributed by atoms with Crippen molar-refractivity contribution in [3.63, 3.8) is 0 Å². The van der Waals surface area contributed by atoms with E-state index in [1.807, 2.05) is 11.8 Å². The van der Waals surface area contributed by atoms with Crippen LogP contribution in [0, 0.1) is 5.92 Å². The molecule has 2 heterocycles. The smallest absolute Gasteiger partial charge is 0.232 e. The molecule has 4 unspecified atom stereocenters. The zero-order chi connectivity index (χ0) is 13.2. The van der Waals surface area contributed by atoms with Crippen molar-refractivity contribution in [2.45, 2.75) is 56.9 Å². The molecular weight excluding hydrogens is 258 g/mol. The molecule has 1 aliphatic carbocycles. The van der Waals surface area contributed by atoms with E-state index in [-0.39, 0.29) is 12.0 Å². The van der Waals surface area contributed by atoms with Crippen molar-refractivity contribution in [1.29, 1.82) is 0 Å². The van der Waals surface area contributed by atoms with Gasteiger partial charge in [0.05, 0.1) is 5.92 Å². The van der Waals surface area contributed by atoms with Gasteiger partial charge in [-0.3, -0.25) is 0 Å². The van der Waals surface area contributed by atoms with Crippen molar-refractivity contribution in [1.82, 2.24) is 10.1 Å². The van der Waals surface area contributed by atoms with Gasteiger partial charge in [0.25, 0.3) is 0 Å². The Labute approximate surface area is 118 Å². The zero-order valence-electron chi connectivity index (χ0n) is 11.5. The summed E-state index contributed by atoms with van der Waals surface area (Å²) in [5, 5.41) is 4.24. The molecule has 4 nitrogen and oxygen atoms in total. The van der Waals surface area contributed by atoms with Gasteiger partial charge in [-0.2, -0.15) is 16.7 Å². The third kappa shape index (κ3) is 2.82. The summed E-state index contributed by atoms with van der Waals surface area (Å²) in [5.74, 6) is 5.32. The molecule has 106 valence electrons. The highest BCUT2D eigenvalue weighted by Gasteiger charge is 2.32. The van der Waals surface area contributed by atoms with Crippen LogP contribution >= 0.6 is 11.8 Å². The van der Waals surface area contributed by atoms with Gasteiger partial charge in [0.15, 0.2) is 5.82 Å². The van der Waals surface area contributed by atoms with Crippen LogP contribution < -0.4 is 5.73 Å². The van der Waals surface area contributed by atoms with Crippen LogP contribution in [0.4, 0.5) is 0 Å². The zero-order valence-corrected chi connectivity index (χ0v) is 12.4. The highest BCUT2D eigenvalue weighted by Crippen LogP contribution is 2.37. The van der Waals surface area contributed by atoms with Gasteiger partial charge in [0, 0.05) is 23.5 Å². The molecule has 4 atom stereocenters. The minimum absolute atomic E-state index is 0.174. The molecule has 0 bridgehead atoms. The molecule has 1 aliphatic heterocycles. The van der Waals surface area contributed by atoms with Crippen LogP contribution in [-0.4, -0.2) is 27.7 Å². The van der Waals surface area contributed by atoms with E-state index in [0.717, 1.165) is 29.1 Å². The lowest BCUT2D eigenvalue weighted by Crippen LogP contribution is -2.26. The maximum atomic E-state index is 6.09. The quantitative estimate of drug-likeness (QED) is 0.923. The third-order valence-electron chi connectivity index (χ3n) is 4.62. The topological polar surface area (TPSA) is 64.9 Å². The van der Waals surface area contributed by atoms with Gasteiger partial charge in [-0.05, 0) is 18.8 Å². The maximum absolute atomic E-state index is 6.09. The lowest BCUT2D eigenvalue weighted by Gasteiger charge is -2.26. The van der Waals surface area contributed by atoms with Crippen LogP contribution in [0.3, 0.4) is 0 Å². The number of rotatable bonds is 3. The minimum Gasteiger partial charge on any atom is -0.339 e. The first-order valence-corrected chi connectivity index (χ1v) is 8.60. The Bertz CT molecular complexity index is 423. The molecule has 2 fully saturated rings. The Kier molecular flexibility index (Phi) is 4.12. The van der Waals surface area contributed by atoms with Gasteiger partial charge >= 0.3 is 0 Å². The normalized spacial score (nSPS) is 35.7. The average Bonchev–Trinajstić information content (AvgIpc) is 3.07. The van der Waals surface area contributed by atoms with Crippen molar-refractivity contribution < 1.29 is 4.52 Å². The maximum Gasteiger partial charge on any atom is 0.232 e. The average molecular weight is 281 g/mol. The van der Waals surface area contributed by atoms with E-state index in [1.165, 1.54) is 32.1 Å². The van der Waals surface area contributed by atoms with E-state index in [4.69, 9.17) is 10.3 Å². The molecule has 0 amide bonds. The lowest BCUT2D eigenvalue weighted by atomic mass is 9.80. The molecule has 1 saturated heterocycles. The number of aromatic nitrogens is 2. The van der Waals surface area contributed by atoms with Crippen LogP contribution in [0.1, 0.15) is 62.6 Å². The predicted octanol–water partition coefficient (Wildman–Crippen LogP) is 2.91. The van der Waals surface area contributed by atoms with Crippen molar-refractivity contribution >= 4 is 11.8 Å². The molecule has 2 aliphatic rings. The molecular formula is C14H23N3OS. The van der Waals surface area contributed by atoms with Crippen LogP contribution in [-0.2, 0) is 0 Å². The standard InChI is InChI=1S/C14H23N3OS/c1-2-9-4-3-5-10(6-9)13-16-14(18-17-13)11-7-19-8-12(11)15/h9-12H,2-8,15H2,1H3. The Balaban J connectivity index is 1.70. The Morgan fingerprint density at radius 2 is 2.26 bits per heavy atom. The van der Waals surface area contributed by atoms with E-state index >= 15 is 0 Å². The monoisotopic (exact) mass is 281 g/mol. The summed E-state index contributed by atoms with van der Waals surface area (Å²) in [7, 11) is 0. The summed E-state index contributed by atoms with van der Waals surface area (Å²) in [6.45, 7) is 2.28. The SMILES string of the molecule is CCC1CCCC(c2noc(C3CSCC3N)n2)C1. The first-order valence-electron chi connectivity index (χ1n) is 7.44. The molecule has 1 aromatic heterocycles. The second kappa shape index (κ2) is 5.83. The number of nitrogens with two attached hydrogens (primary N) is 1. The molecule has 19 heavy (non-hydrogen) atoms. The lowest BCUT2D eigenvalue weighted by molar-refractivity contribution is 0.296.